The first kappa shape index (κ1) is 26.2. The van der Waals surface area contributed by atoms with Gasteiger partial charge >= 0.3 is 0 Å². The third-order valence-electron chi connectivity index (χ3n) is 5.44. The molecule has 0 spiro atoms. The van der Waals surface area contributed by atoms with Gasteiger partial charge in [-0.3, -0.25) is 4.79 Å². The Bertz CT molecular complexity index is 1240. The summed E-state index contributed by atoms with van der Waals surface area (Å²) in [5.74, 6) is 0.270. The van der Waals surface area contributed by atoms with Crippen molar-refractivity contribution in [3.05, 3.63) is 90.3 Å². The maximum atomic E-state index is 13.3. The summed E-state index contributed by atoms with van der Waals surface area (Å²) in [4.78, 5) is 18.9. The fourth-order valence-corrected chi connectivity index (χ4v) is 5.23. The van der Waals surface area contributed by atoms with Crippen LogP contribution in [0.3, 0.4) is 0 Å². The SMILES string of the molecule is C=CCN(Cc1cnc(S(=O)(=O)Cc2cccc(OC)c2)n1CCOC)C(=O)Cc1ccccc1. The van der Waals surface area contributed by atoms with Gasteiger partial charge in [-0.15, -0.1) is 6.58 Å². The summed E-state index contributed by atoms with van der Waals surface area (Å²) in [7, 11) is -0.695. The highest BCUT2D eigenvalue weighted by Crippen LogP contribution is 2.21. The minimum Gasteiger partial charge on any atom is -0.497 e. The summed E-state index contributed by atoms with van der Waals surface area (Å²) in [6.45, 7) is 4.87. The number of imidazole rings is 1. The number of rotatable bonds is 13. The monoisotopic (exact) mass is 497 g/mol. The van der Waals surface area contributed by atoms with E-state index in [1.165, 1.54) is 13.3 Å². The predicted octanol–water partition coefficient (Wildman–Crippen LogP) is 3.27. The zero-order valence-corrected chi connectivity index (χ0v) is 20.9. The topological polar surface area (TPSA) is 90.7 Å². The van der Waals surface area contributed by atoms with E-state index >= 15 is 0 Å². The van der Waals surface area contributed by atoms with Crippen LogP contribution in [0.1, 0.15) is 16.8 Å². The molecule has 0 aliphatic heterocycles. The van der Waals surface area contributed by atoms with E-state index in [0.29, 0.717) is 30.2 Å². The summed E-state index contributed by atoms with van der Waals surface area (Å²) in [5.41, 5.74) is 2.11. The molecule has 0 atom stereocenters. The van der Waals surface area contributed by atoms with Gasteiger partial charge in [0.15, 0.2) is 0 Å². The number of aromatic nitrogens is 2. The highest BCUT2D eigenvalue weighted by Gasteiger charge is 2.25. The van der Waals surface area contributed by atoms with E-state index in [9.17, 15) is 13.2 Å². The molecule has 2 aromatic carbocycles. The molecular formula is C26H31N3O5S. The number of methoxy groups -OCH3 is 2. The lowest BCUT2D eigenvalue weighted by atomic mass is 10.1. The second-order valence-electron chi connectivity index (χ2n) is 8.01. The number of ether oxygens (including phenoxy) is 2. The summed E-state index contributed by atoms with van der Waals surface area (Å²) in [6.07, 6.45) is 3.40. The van der Waals surface area contributed by atoms with E-state index in [4.69, 9.17) is 9.47 Å². The molecule has 9 heteroatoms. The molecule has 0 bridgehead atoms. The molecule has 0 N–H and O–H groups in total. The van der Waals surface area contributed by atoms with Crippen LogP contribution in [0.5, 0.6) is 5.75 Å². The van der Waals surface area contributed by atoms with Crippen LogP contribution in [0.4, 0.5) is 0 Å². The van der Waals surface area contributed by atoms with Crippen molar-refractivity contribution in [2.75, 3.05) is 27.4 Å². The Labute approximate surface area is 206 Å². The number of hydrogen-bond acceptors (Lipinski definition) is 6. The summed E-state index contributed by atoms with van der Waals surface area (Å²) < 4.78 is 38.7. The van der Waals surface area contributed by atoms with Crippen molar-refractivity contribution in [2.24, 2.45) is 0 Å². The molecule has 0 radical (unpaired) electrons. The number of hydrogen-bond donors (Lipinski definition) is 0. The van der Waals surface area contributed by atoms with Crippen molar-refractivity contribution in [1.29, 1.82) is 0 Å². The number of sulfone groups is 1. The van der Waals surface area contributed by atoms with Gasteiger partial charge in [0.1, 0.15) is 5.75 Å². The van der Waals surface area contributed by atoms with Gasteiger partial charge in [-0.25, -0.2) is 13.4 Å². The van der Waals surface area contributed by atoms with Gasteiger partial charge in [0.2, 0.25) is 20.9 Å². The Hall–Kier alpha value is -3.43. The van der Waals surface area contributed by atoms with E-state index in [1.54, 1.807) is 46.9 Å². The molecular weight excluding hydrogens is 466 g/mol. The fraction of sp³-hybridized carbons (Fsp3) is 0.308. The molecule has 1 amide bonds. The molecule has 3 rings (SSSR count). The molecule has 0 aliphatic rings. The maximum absolute atomic E-state index is 13.3. The van der Waals surface area contributed by atoms with Crippen molar-refractivity contribution < 1.29 is 22.7 Å². The molecule has 0 saturated carbocycles. The quantitative estimate of drug-likeness (QED) is 0.337. The smallest absolute Gasteiger partial charge is 0.228 e. The van der Waals surface area contributed by atoms with Crippen LogP contribution < -0.4 is 4.74 Å². The molecule has 0 aliphatic carbocycles. The highest BCUT2D eigenvalue weighted by atomic mass is 32.2. The summed E-state index contributed by atoms with van der Waals surface area (Å²) in [6, 6.07) is 16.4. The van der Waals surface area contributed by atoms with Crippen molar-refractivity contribution in [1.82, 2.24) is 14.5 Å². The van der Waals surface area contributed by atoms with Gasteiger partial charge in [0.25, 0.3) is 0 Å². The molecule has 3 aromatic rings. The minimum absolute atomic E-state index is 0.0542. The van der Waals surface area contributed by atoms with Crippen LogP contribution in [-0.2, 0) is 44.6 Å². The van der Waals surface area contributed by atoms with Crippen LogP contribution in [-0.4, -0.2) is 56.1 Å². The molecule has 1 aromatic heterocycles. The largest absolute Gasteiger partial charge is 0.497 e. The van der Waals surface area contributed by atoms with Crippen molar-refractivity contribution in [3.8, 4) is 5.75 Å². The van der Waals surface area contributed by atoms with Crippen LogP contribution in [0.25, 0.3) is 0 Å². The van der Waals surface area contributed by atoms with E-state index in [1.807, 2.05) is 30.3 Å². The number of amides is 1. The summed E-state index contributed by atoms with van der Waals surface area (Å²) in [5, 5.41) is -0.0542. The average molecular weight is 498 g/mol. The number of carbonyl (C=O) groups is 1. The molecule has 186 valence electrons. The number of nitrogens with zero attached hydrogens (tertiary/aromatic N) is 3. The number of benzene rings is 2. The average Bonchev–Trinajstić information content (AvgIpc) is 3.26. The van der Waals surface area contributed by atoms with Crippen LogP contribution in [0.15, 0.2) is 78.6 Å². The molecule has 0 unspecified atom stereocenters. The number of carbonyl (C=O) groups excluding carboxylic acids is 1. The van der Waals surface area contributed by atoms with Crippen LogP contribution >= 0.6 is 0 Å². The lowest BCUT2D eigenvalue weighted by Crippen LogP contribution is -2.33. The minimum atomic E-state index is -3.78. The zero-order valence-electron chi connectivity index (χ0n) is 20.1. The van der Waals surface area contributed by atoms with Gasteiger partial charge in [0, 0.05) is 20.2 Å². The molecule has 0 fully saturated rings. The zero-order chi connectivity index (χ0) is 25.3. The van der Waals surface area contributed by atoms with Gasteiger partial charge in [-0.1, -0.05) is 48.5 Å². The van der Waals surface area contributed by atoms with E-state index in [-0.39, 0.29) is 36.3 Å². The van der Waals surface area contributed by atoms with Crippen LogP contribution in [0, 0.1) is 0 Å². The van der Waals surface area contributed by atoms with E-state index in [2.05, 4.69) is 11.6 Å². The third kappa shape index (κ3) is 7.03. The van der Waals surface area contributed by atoms with Crippen LogP contribution in [0.2, 0.25) is 0 Å². The van der Waals surface area contributed by atoms with E-state index < -0.39 is 9.84 Å². The van der Waals surface area contributed by atoms with Gasteiger partial charge < -0.3 is 18.9 Å². The normalized spacial score (nSPS) is 11.3. The van der Waals surface area contributed by atoms with Gasteiger partial charge in [-0.05, 0) is 23.3 Å². The molecule has 8 nitrogen and oxygen atoms in total. The van der Waals surface area contributed by atoms with Gasteiger partial charge in [0.05, 0.1) is 44.3 Å². The maximum Gasteiger partial charge on any atom is 0.228 e. The fourth-order valence-electron chi connectivity index (χ4n) is 3.72. The second kappa shape index (κ2) is 12.3. The van der Waals surface area contributed by atoms with Crippen molar-refractivity contribution >= 4 is 15.7 Å². The standard InChI is InChI=1S/C26H31N3O5S/c1-4-13-28(25(30)17-21-9-6-5-7-10-21)19-23-18-27-26(29(23)14-15-33-2)35(31,32)20-22-11-8-12-24(16-22)34-3/h4-12,16,18H,1,13-15,17,19-20H2,2-3H3. The first-order valence-electron chi connectivity index (χ1n) is 11.2. The summed E-state index contributed by atoms with van der Waals surface area (Å²) >= 11 is 0. The highest BCUT2D eigenvalue weighted by molar-refractivity contribution is 7.90. The lowest BCUT2D eigenvalue weighted by molar-refractivity contribution is -0.130. The molecule has 1 heterocycles. The first-order chi connectivity index (χ1) is 16.9. The Morgan fingerprint density at radius 2 is 1.86 bits per heavy atom. The van der Waals surface area contributed by atoms with Gasteiger partial charge in [-0.2, -0.15) is 0 Å². The third-order valence-corrected chi connectivity index (χ3v) is 7.04. The molecule has 35 heavy (non-hydrogen) atoms. The van der Waals surface area contributed by atoms with E-state index in [0.717, 1.165) is 5.56 Å². The first-order valence-corrected chi connectivity index (χ1v) is 12.8. The van der Waals surface area contributed by atoms with Crippen molar-refractivity contribution in [2.45, 2.75) is 30.4 Å². The second-order valence-corrected chi connectivity index (χ2v) is 9.90. The lowest BCUT2D eigenvalue weighted by Gasteiger charge is -2.22. The Balaban J connectivity index is 1.88. The predicted molar refractivity (Wildman–Crippen MR) is 134 cm³/mol. The van der Waals surface area contributed by atoms with Crippen molar-refractivity contribution in [3.63, 3.8) is 0 Å². The Morgan fingerprint density at radius 1 is 1.11 bits per heavy atom. The molecule has 0 saturated heterocycles. The Kier molecular flexibility index (Phi) is 9.22. The Morgan fingerprint density at radius 3 is 2.54 bits per heavy atom.